The maximum atomic E-state index is 13.1. The molecule has 0 heterocycles. The Morgan fingerprint density at radius 2 is 1.31 bits per heavy atom. The summed E-state index contributed by atoms with van der Waals surface area (Å²) in [6, 6.07) is 21.8. The van der Waals surface area contributed by atoms with Crippen molar-refractivity contribution in [2.45, 2.75) is 30.6 Å². The molecule has 4 aromatic carbocycles. The van der Waals surface area contributed by atoms with Crippen LogP contribution in [0.2, 0.25) is 5.02 Å². The van der Waals surface area contributed by atoms with E-state index in [0.29, 0.717) is 27.6 Å². The molecular weight excluding hydrogens is 558 g/mol. The number of hydrogen-bond acceptors (Lipinski definition) is 5. The third-order valence-corrected chi connectivity index (χ3v) is 9.29. The molecule has 202 valence electrons. The van der Waals surface area contributed by atoms with Gasteiger partial charge in [0.2, 0.25) is 0 Å². The van der Waals surface area contributed by atoms with Crippen LogP contribution in [0.15, 0.2) is 94.7 Å². The minimum absolute atomic E-state index is 0.0109. The number of halogens is 1. The second kappa shape index (κ2) is 11.1. The van der Waals surface area contributed by atoms with Crippen LogP contribution in [0.4, 0.5) is 17.1 Å². The Morgan fingerprint density at radius 1 is 0.667 bits per heavy atom. The molecule has 0 unspecified atom stereocenters. The number of carbonyl (C=O) groups is 1. The first-order chi connectivity index (χ1) is 18.4. The van der Waals surface area contributed by atoms with Gasteiger partial charge in [0, 0.05) is 16.3 Å². The van der Waals surface area contributed by atoms with Crippen LogP contribution in [0, 0.1) is 20.8 Å². The Hall–Kier alpha value is -3.86. The van der Waals surface area contributed by atoms with Gasteiger partial charge < -0.3 is 5.32 Å². The van der Waals surface area contributed by atoms with Crippen molar-refractivity contribution >= 4 is 54.6 Å². The topological polar surface area (TPSA) is 121 Å². The first-order valence-electron chi connectivity index (χ1n) is 11.8. The number of benzene rings is 4. The fraction of sp³-hybridized carbons (Fsp3) is 0.107. The lowest BCUT2D eigenvalue weighted by Crippen LogP contribution is -2.17. The summed E-state index contributed by atoms with van der Waals surface area (Å²) in [6.45, 7) is 5.25. The molecule has 0 aromatic heterocycles. The van der Waals surface area contributed by atoms with Gasteiger partial charge in [-0.05, 0) is 92.1 Å². The van der Waals surface area contributed by atoms with E-state index in [1.165, 1.54) is 42.5 Å². The maximum absolute atomic E-state index is 13.1. The van der Waals surface area contributed by atoms with Gasteiger partial charge >= 0.3 is 0 Å². The SMILES string of the molecule is Cc1ccc(NS(=O)(=O)c2ccc(NC(=O)c3ccc(C)c(S(=O)(=O)Nc4ccccc4C)c3)cc2)cc1Cl. The number of para-hydroxylation sites is 1. The summed E-state index contributed by atoms with van der Waals surface area (Å²) in [6.07, 6.45) is 0. The van der Waals surface area contributed by atoms with Crippen molar-refractivity contribution in [2.24, 2.45) is 0 Å². The number of carbonyl (C=O) groups excluding carboxylic acids is 1. The number of nitrogens with one attached hydrogen (secondary N) is 3. The van der Waals surface area contributed by atoms with E-state index in [1.807, 2.05) is 13.0 Å². The van der Waals surface area contributed by atoms with Gasteiger partial charge in [-0.25, -0.2) is 16.8 Å². The van der Waals surface area contributed by atoms with Crippen LogP contribution in [-0.2, 0) is 20.0 Å². The Morgan fingerprint density at radius 3 is 1.97 bits per heavy atom. The van der Waals surface area contributed by atoms with Gasteiger partial charge in [-0.15, -0.1) is 0 Å². The van der Waals surface area contributed by atoms with E-state index in [-0.39, 0.29) is 15.4 Å². The van der Waals surface area contributed by atoms with Gasteiger partial charge in [-0.1, -0.05) is 41.9 Å². The Bertz CT molecular complexity index is 1770. The van der Waals surface area contributed by atoms with Crippen molar-refractivity contribution < 1.29 is 21.6 Å². The fourth-order valence-electron chi connectivity index (χ4n) is 3.71. The van der Waals surface area contributed by atoms with E-state index >= 15 is 0 Å². The average Bonchev–Trinajstić information content (AvgIpc) is 2.88. The predicted molar refractivity (Wildman–Crippen MR) is 155 cm³/mol. The first kappa shape index (κ1) is 28.2. The lowest BCUT2D eigenvalue weighted by molar-refractivity contribution is 0.102. The van der Waals surface area contributed by atoms with Crippen molar-refractivity contribution in [1.29, 1.82) is 0 Å². The molecule has 0 atom stereocenters. The zero-order valence-corrected chi connectivity index (χ0v) is 23.7. The molecule has 0 aliphatic carbocycles. The normalized spacial score (nSPS) is 11.6. The summed E-state index contributed by atoms with van der Waals surface area (Å²) >= 11 is 6.08. The van der Waals surface area contributed by atoms with E-state index < -0.39 is 26.0 Å². The molecule has 0 radical (unpaired) electrons. The van der Waals surface area contributed by atoms with E-state index in [1.54, 1.807) is 50.2 Å². The number of aryl methyl sites for hydroxylation is 3. The molecule has 1 amide bonds. The molecule has 11 heteroatoms. The van der Waals surface area contributed by atoms with Crippen molar-refractivity contribution in [2.75, 3.05) is 14.8 Å². The molecule has 0 bridgehead atoms. The number of hydrogen-bond donors (Lipinski definition) is 3. The minimum atomic E-state index is -3.96. The summed E-state index contributed by atoms with van der Waals surface area (Å²) in [5.74, 6) is -0.551. The molecular formula is C28H26ClN3O5S2. The molecule has 39 heavy (non-hydrogen) atoms. The Kier molecular flexibility index (Phi) is 8.01. The molecule has 4 rings (SSSR count). The predicted octanol–water partition coefficient (Wildman–Crippen LogP) is 6.12. The van der Waals surface area contributed by atoms with Crippen molar-refractivity contribution in [3.8, 4) is 0 Å². The van der Waals surface area contributed by atoms with Gasteiger partial charge in [-0.3, -0.25) is 14.2 Å². The van der Waals surface area contributed by atoms with Crippen LogP contribution < -0.4 is 14.8 Å². The van der Waals surface area contributed by atoms with Crippen molar-refractivity contribution in [3.63, 3.8) is 0 Å². The molecule has 4 aromatic rings. The zero-order valence-electron chi connectivity index (χ0n) is 21.3. The average molecular weight is 584 g/mol. The third-order valence-electron chi connectivity index (χ3n) is 5.98. The highest BCUT2D eigenvalue weighted by atomic mass is 35.5. The molecule has 0 aliphatic heterocycles. The van der Waals surface area contributed by atoms with Crippen molar-refractivity contribution in [3.05, 3.63) is 112 Å². The minimum Gasteiger partial charge on any atom is -0.322 e. The van der Waals surface area contributed by atoms with Crippen LogP contribution in [-0.4, -0.2) is 22.7 Å². The number of rotatable bonds is 8. The zero-order chi connectivity index (χ0) is 28.4. The summed E-state index contributed by atoms with van der Waals surface area (Å²) in [5, 5.41) is 3.11. The Balaban J connectivity index is 1.50. The molecule has 0 saturated carbocycles. The monoisotopic (exact) mass is 583 g/mol. The summed E-state index contributed by atoms with van der Waals surface area (Å²) in [5.41, 5.74) is 3.29. The standard InChI is InChI=1S/C28H26ClN3O5S2/c1-18-9-11-23(17-25(18)29)31-38(34,35)24-14-12-22(13-15-24)30-28(33)21-10-8-20(3)27(16-21)39(36,37)32-26-7-5-4-6-19(26)2/h4-17,31-32H,1-3H3,(H,30,33). The van der Waals surface area contributed by atoms with Crippen LogP contribution in [0.5, 0.6) is 0 Å². The molecule has 0 spiro atoms. The molecule has 3 N–H and O–H groups in total. The fourth-order valence-corrected chi connectivity index (χ4v) is 6.34. The van der Waals surface area contributed by atoms with Gasteiger partial charge in [-0.2, -0.15) is 0 Å². The summed E-state index contributed by atoms with van der Waals surface area (Å²) < 4.78 is 56.8. The van der Waals surface area contributed by atoms with E-state index in [0.717, 1.165) is 11.1 Å². The number of amides is 1. The summed E-state index contributed by atoms with van der Waals surface area (Å²) in [4.78, 5) is 12.9. The summed E-state index contributed by atoms with van der Waals surface area (Å²) in [7, 11) is -7.85. The van der Waals surface area contributed by atoms with Gasteiger partial charge in [0.15, 0.2) is 0 Å². The lowest BCUT2D eigenvalue weighted by atomic mass is 10.1. The molecule has 0 aliphatic rings. The Labute approximate surface area is 233 Å². The van der Waals surface area contributed by atoms with E-state index in [9.17, 15) is 21.6 Å². The number of anilines is 3. The van der Waals surface area contributed by atoms with Crippen LogP contribution in [0.25, 0.3) is 0 Å². The second-order valence-electron chi connectivity index (χ2n) is 8.95. The van der Waals surface area contributed by atoms with E-state index in [4.69, 9.17) is 11.6 Å². The largest absolute Gasteiger partial charge is 0.322 e. The van der Waals surface area contributed by atoms with Crippen LogP contribution >= 0.6 is 11.6 Å². The molecule has 0 saturated heterocycles. The van der Waals surface area contributed by atoms with Crippen LogP contribution in [0.1, 0.15) is 27.0 Å². The smallest absolute Gasteiger partial charge is 0.262 e. The van der Waals surface area contributed by atoms with Crippen molar-refractivity contribution in [1.82, 2.24) is 0 Å². The van der Waals surface area contributed by atoms with Crippen LogP contribution in [0.3, 0.4) is 0 Å². The third kappa shape index (κ3) is 6.59. The maximum Gasteiger partial charge on any atom is 0.262 e. The van der Waals surface area contributed by atoms with Gasteiger partial charge in [0.25, 0.3) is 26.0 Å². The molecule has 8 nitrogen and oxygen atoms in total. The van der Waals surface area contributed by atoms with E-state index in [2.05, 4.69) is 14.8 Å². The van der Waals surface area contributed by atoms with Gasteiger partial charge in [0.05, 0.1) is 21.2 Å². The molecule has 0 fully saturated rings. The number of sulfonamides is 2. The first-order valence-corrected chi connectivity index (χ1v) is 15.1. The van der Waals surface area contributed by atoms with Gasteiger partial charge in [0.1, 0.15) is 0 Å². The highest BCUT2D eigenvalue weighted by Gasteiger charge is 2.21. The lowest BCUT2D eigenvalue weighted by Gasteiger charge is -2.14. The quantitative estimate of drug-likeness (QED) is 0.231. The second-order valence-corrected chi connectivity index (χ2v) is 12.7. The highest BCUT2D eigenvalue weighted by molar-refractivity contribution is 7.93. The highest BCUT2D eigenvalue weighted by Crippen LogP contribution is 2.25.